The summed E-state index contributed by atoms with van der Waals surface area (Å²) in [6, 6.07) is 19.3. The maximum absolute atomic E-state index is 13.0. The van der Waals surface area contributed by atoms with Crippen LogP contribution < -0.4 is 0 Å². The maximum Gasteiger partial charge on any atom is 0.337 e. The van der Waals surface area contributed by atoms with E-state index in [1.165, 1.54) is 7.11 Å². The van der Waals surface area contributed by atoms with E-state index in [2.05, 4.69) is 0 Å². The van der Waals surface area contributed by atoms with Gasteiger partial charge in [-0.2, -0.15) is 0 Å². The molecule has 2 saturated heterocycles. The number of ether oxygens (including phenoxy) is 3. The van der Waals surface area contributed by atoms with Gasteiger partial charge in [0.25, 0.3) is 5.91 Å². The monoisotopic (exact) mass is 367 g/mol. The van der Waals surface area contributed by atoms with E-state index in [0.29, 0.717) is 13.0 Å². The average Bonchev–Trinajstić information content (AvgIpc) is 3.12. The number of carbonyl (C=O) groups excluding carboxylic acids is 2. The highest BCUT2D eigenvalue weighted by Gasteiger charge is 2.55. The third-order valence-electron chi connectivity index (χ3n) is 5.03. The summed E-state index contributed by atoms with van der Waals surface area (Å²) in [6.45, 7) is 0.435. The molecule has 2 bridgehead atoms. The SMILES string of the molecule is COC(=O)[C@@H]1O[C@@H]2O[C@@H]1[C@@H](Cc1ccccc1)N(Cc1ccccc1)C2=O. The summed E-state index contributed by atoms with van der Waals surface area (Å²) in [4.78, 5) is 26.9. The van der Waals surface area contributed by atoms with Crippen molar-refractivity contribution in [1.29, 1.82) is 0 Å². The molecule has 2 aliphatic rings. The molecule has 140 valence electrons. The summed E-state index contributed by atoms with van der Waals surface area (Å²) >= 11 is 0. The Hall–Kier alpha value is -2.70. The molecule has 0 radical (unpaired) electrons. The van der Waals surface area contributed by atoms with Gasteiger partial charge in [0.2, 0.25) is 6.29 Å². The van der Waals surface area contributed by atoms with Crippen molar-refractivity contribution in [3.05, 3.63) is 71.8 Å². The third-order valence-corrected chi connectivity index (χ3v) is 5.03. The summed E-state index contributed by atoms with van der Waals surface area (Å²) in [5, 5.41) is 0. The normalized spacial score (nSPS) is 26.9. The van der Waals surface area contributed by atoms with Gasteiger partial charge in [-0.05, 0) is 17.5 Å². The average molecular weight is 367 g/mol. The quantitative estimate of drug-likeness (QED) is 0.756. The van der Waals surface area contributed by atoms with Crippen molar-refractivity contribution in [3.8, 4) is 0 Å². The van der Waals surface area contributed by atoms with E-state index in [9.17, 15) is 9.59 Å². The number of carbonyl (C=O) groups is 2. The number of esters is 1. The van der Waals surface area contributed by atoms with Gasteiger partial charge in [-0.1, -0.05) is 60.7 Å². The second-order valence-corrected chi connectivity index (χ2v) is 6.72. The predicted molar refractivity (Wildman–Crippen MR) is 96.5 cm³/mol. The van der Waals surface area contributed by atoms with E-state index < -0.39 is 24.5 Å². The Morgan fingerprint density at radius 1 is 1.00 bits per heavy atom. The topological polar surface area (TPSA) is 65.1 Å². The molecule has 0 unspecified atom stereocenters. The van der Waals surface area contributed by atoms with Crippen LogP contribution in [0.15, 0.2) is 60.7 Å². The number of methoxy groups -OCH3 is 1. The fraction of sp³-hybridized carbons (Fsp3) is 0.333. The molecule has 1 amide bonds. The van der Waals surface area contributed by atoms with Gasteiger partial charge in [0.05, 0.1) is 13.2 Å². The number of benzene rings is 2. The second-order valence-electron chi connectivity index (χ2n) is 6.72. The Bertz CT molecular complexity index is 810. The highest BCUT2D eigenvalue weighted by molar-refractivity contribution is 5.84. The minimum Gasteiger partial charge on any atom is -0.467 e. The van der Waals surface area contributed by atoms with Gasteiger partial charge in [0.1, 0.15) is 6.10 Å². The molecule has 0 aliphatic carbocycles. The second kappa shape index (κ2) is 7.50. The van der Waals surface area contributed by atoms with Crippen LogP contribution >= 0.6 is 0 Å². The van der Waals surface area contributed by atoms with Gasteiger partial charge in [-0.15, -0.1) is 0 Å². The van der Waals surface area contributed by atoms with E-state index in [1.807, 2.05) is 60.7 Å². The number of hydrogen-bond donors (Lipinski definition) is 0. The molecule has 2 heterocycles. The molecule has 2 aromatic rings. The first kappa shape index (κ1) is 17.7. The zero-order chi connectivity index (χ0) is 18.8. The molecule has 0 aromatic heterocycles. The Morgan fingerprint density at radius 3 is 2.26 bits per heavy atom. The lowest BCUT2D eigenvalue weighted by Gasteiger charge is -2.39. The first-order valence-electron chi connectivity index (χ1n) is 8.94. The third kappa shape index (κ3) is 3.46. The van der Waals surface area contributed by atoms with Crippen molar-refractivity contribution in [2.45, 2.75) is 37.5 Å². The Kier molecular flexibility index (Phi) is 4.92. The van der Waals surface area contributed by atoms with Gasteiger partial charge in [0, 0.05) is 6.54 Å². The van der Waals surface area contributed by atoms with Crippen LogP contribution in [-0.2, 0) is 36.8 Å². The van der Waals surface area contributed by atoms with Crippen LogP contribution in [0.3, 0.4) is 0 Å². The minimum atomic E-state index is -1.06. The van der Waals surface area contributed by atoms with Crippen molar-refractivity contribution in [2.24, 2.45) is 0 Å². The summed E-state index contributed by atoms with van der Waals surface area (Å²) in [6.07, 6.45) is -1.97. The summed E-state index contributed by atoms with van der Waals surface area (Å²) in [5.74, 6) is -0.780. The van der Waals surface area contributed by atoms with Crippen molar-refractivity contribution in [3.63, 3.8) is 0 Å². The number of rotatable bonds is 5. The number of fused-ring (bicyclic) bond motifs is 2. The largest absolute Gasteiger partial charge is 0.467 e. The fourth-order valence-corrected chi connectivity index (χ4v) is 3.70. The van der Waals surface area contributed by atoms with Crippen LogP contribution in [0.4, 0.5) is 0 Å². The van der Waals surface area contributed by atoms with Crippen LogP contribution in [0.5, 0.6) is 0 Å². The molecule has 0 N–H and O–H groups in total. The van der Waals surface area contributed by atoms with Gasteiger partial charge in [0.15, 0.2) is 6.10 Å². The Balaban J connectivity index is 1.66. The summed E-state index contributed by atoms with van der Waals surface area (Å²) < 4.78 is 16.2. The zero-order valence-electron chi connectivity index (χ0n) is 15.0. The van der Waals surface area contributed by atoms with Crippen molar-refractivity contribution in [2.75, 3.05) is 7.11 Å². The predicted octanol–water partition coefficient (Wildman–Crippen LogP) is 1.92. The molecular weight excluding hydrogens is 346 g/mol. The molecule has 27 heavy (non-hydrogen) atoms. The highest BCUT2D eigenvalue weighted by atomic mass is 16.8. The zero-order valence-corrected chi connectivity index (χ0v) is 15.0. The van der Waals surface area contributed by atoms with Crippen LogP contribution in [-0.4, -0.2) is 48.4 Å². The molecular formula is C21H21NO5. The lowest BCUT2D eigenvalue weighted by atomic mass is 9.95. The molecule has 2 fully saturated rings. The van der Waals surface area contributed by atoms with E-state index in [1.54, 1.807) is 4.90 Å². The summed E-state index contributed by atoms with van der Waals surface area (Å²) in [5.41, 5.74) is 2.07. The first-order valence-corrected chi connectivity index (χ1v) is 8.94. The van der Waals surface area contributed by atoms with Crippen molar-refractivity contribution >= 4 is 11.9 Å². The minimum absolute atomic E-state index is 0.262. The number of amides is 1. The number of nitrogens with zero attached hydrogens (tertiary/aromatic N) is 1. The first-order chi connectivity index (χ1) is 13.2. The number of hydrogen-bond acceptors (Lipinski definition) is 5. The van der Waals surface area contributed by atoms with Gasteiger partial charge in [-0.3, -0.25) is 4.79 Å². The van der Waals surface area contributed by atoms with Gasteiger partial charge < -0.3 is 19.1 Å². The van der Waals surface area contributed by atoms with Crippen molar-refractivity contribution < 1.29 is 23.8 Å². The lowest BCUT2D eigenvalue weighted by molar-refractivity contribution is -0.179. The molecule has 0 spiro atoms. The van der Waals surface area contributed by atoms with E-state index in [-0.39, 0.29) is 11.9 Å². The van der Waals surface area contributed by atoms with Gasteiger partial charge in [-0.25, -0.2) is 4.79 Å². The molecule has 6 nitrogen and oxygen atoms in total. The highest BCUT2D eigenvalue weighted by Crippen LogP contribution is 2.34. The van der Waals surface area contributed by atoms with E-state index >= 15 is 0 Å². The van der Waals surface area contributed by atoms with Gasteiger partial charge >= 0.3 is 5.97 Å². The van der Waals surface area contributed by atoms with E-state index in [4.69, 9.17) is 14.2 Å². The molecule has 2 aliphatic heterocycles. The maximum atomic E-state index is 13.0. The smallest absolute Gasteiger partial charge is 0.337 e. The van der Waals surface area contributed by atoms with Crippen molar-refractivity contribution in [1.82, 2.24) is 4.90 Å². The van der Waals surface area contributed by atoms with Crippen LogP contribution in [0.2, 0.25) is 0 Å². The van der Waals surface area contributed by atoms with E-state index in [0.717, 1.165) is 11.1 Å². The number of morpholine rings is 1. The lowest BCUT2D eigenvalue weighted by Crippen LogP contribution is -2.57. The molecule has 6 heteroatoms. The molecule has 4 atom stereocenters. The summed E-state index contributed by atoms with van der Waals surface area (Å²) in [7, 11) is 1.31. The molecule has 2 aromatic carbocycles. The fourth-order valence-electron chi connectivity index (χ4n) is 3.70. The Labute approximate surface area is 157 Å². The Morgan fingerprint density at radius 2 is 1.63 bits per heavy atom. The molecule has 0 saturated carbocycles. The van der Waals surface area contributed by atoms with Crippen LogP contribution in [0.25, 0.3) is 0 Å². The van der Waals surface area contributed by atoms with Crippen LogP contribution in [0.1, 0.15) is 11.1 Å². The molecule has 4 rings (SSSR count). The van der Waals surface area contributed by atoms with Crippen LogP contribution in [0, 0.1) is 0 Å². The standard InChI is InChI=1S/C21H21NO5/c1-25-20(24)18-17-16(12-14-8-4-2-5-9-14)22(19(23)21(26-17)27-18)13-15-10-6-3-7-11-15/h2-11,16-18,21H,12-13H2,1H3/t16-,17-,18-,21+/m1/s1.